The van der Waals surface area contributed by atoms with Crippen LogP contribution in [-0.2, 0) is 0 Å². The van der Waals surface area contributed by atoms with Crippen LogP contribution in [0.4, 0.5) is 0 Å². The lowest BCUT2D eigenvalue weighted by Crippen LogP contribution is -2.47. The molecule has 1 aliphatic rings. The third-order valence-electron chi connectivity index (χ3n) is 2.17. The minimum absolute atomic E-state index is 0. The molecule has 3 heteroatoms. The maximum atomic E-state index is 5.50. The smallest absolute Gasteiger partial charge is 0.0456 e. The second-order valence-corrected chi connectivity index (χ2v) is 2.73. The van der Waals surface area contributed by atoms with E-state index < -0.39 is 0 Å². The van der Waals surface area contributed by atoms with Gasteiger partial charge in [0, 0.05) is 32.8 Å². The summed E-state index contributed by atoms with van der Waals surface area (Å²) in [6.07, 6.45) is 0. The lowest BCUT2D eigenvalue weighted by atomic mass is 10.3. The van der Waals surface area contributed by atoms with Crippen LogP contribution in [0.5, 0.6) is 0 Å². The van der Waals surface area contributed by atoms with Crippen LogP contribution in [0.25, 0.3) is 0 Å². The number of hydrogen-bond acceptors (Lipinski definition) is 3. The molecule has 0 spiro atoms. The highest BCUT2D eigenvalue weighted by molar-refractivity contribution is 4.68. The second-order valence-electron chi connectivity index (χ2n) is 2.73. The first-order chi connectivity index (χ1) is 4.86. The molecule has 2 N–H and O–H groups in total. The summed E-state index contributed by atoms with van der Waals surface area (Å²) in [5.41, 5.74) is 5.50. The minimum atomic E-state index is 0. The molecule has 0 aromatic carbocycles. The Morgan fingerprint density at radius 2 is 1.31 bits per heavy atom. The molecule has 0 aromatic rings. The van der Waals surface area contributed by atoms with Crippen LogP contribution in [-0.4, -0.2) is 49.2 Å². The highest BCUT2D eigenvalue weighted by atomic mass is 15.3. The van der Waals surface area contributed by atoms with Gasteiger partial charge in [0.25, 0.3) is 0 Å². The summed E-state index contributed by atoms with van der Waals surface area (Å²) in [6.45, 7) is 8.77. The van der Waals surface area contributed by atoms with E-state index in [2.05, 4.69) is 16.7 Å². The van der Waals surface area contributed by atoms with Crippen LogP contribution < -0.4 is 5.73 Å². The fourth-order valence-corrected chi connectivity index (χ4v) is 1.29. The highest BCUT2D eigenvalue weighted by Gasteiger charge is 2.12. The standard InChI is InChI=1S/C7H17N3.3CH4/c1-2-9-3-5-10(7-8)6-4-9;;;/h2-8H2,1H3;3*1H4. The van der Waals surface area contributed by atoms with Crippen molar-refractivity contribution >= 4 is 0 Å². The summed E-state index contributed by atoms with van der Waals surface area (Å²) in [4.78, 5) is 4.73. The Balaban J connectivity index is -0.000000333. The Morgan fingerprint density at radius 3 is 1.62 bits per heavy atom. The van der Waals surface area contributed by atoms with Gasteiger partial charge in [0.2, 0.25) is 0 Å². The Hall–Kier alpha value is -0.120. The van der Waals surface area contributed by atoms with Crippen molar-refractivity contribution in [2.75, 3.05) is 39.4 Å². The van der Waals surface area contributed by atoms with Gasteiger partial charge in [0.05, 0.1) is 0 Å². The zero-order chi connectivity index (χ0) is 7.40. The Kier molecular flexibility index (Phi) is 14.3. The van der Waals surface area contributed by atoms with E-state index >= 15 is 0 Å². The topological polar surface area (TPSA) is 32.5 Å². The van der Waals surface area contributed by atoms with E-state index in [0.29, 0.717) is 0 Å². The van der Waals surface area contributed by atoms with Crippen molar-refractivity contribution < 1.29 is 0 Å². The van der Waals surface area contributed by atoms with Crippen LogP contribution in [0, 0.1) is 0 Å². The zero-order valence-corrected chi connectivity index (χ0v) is 6.71. The SMILES string of the molecule is C.C.C.CCN1CCN(CN)CC1. The molecule has 13 heavy (non-hydrogen) atoms. The predicted octanol–water partition coefficient (Wildman–Crippen LogP) is 1.45. The fourth-order valence-electron chi connectivity index (χ4n) is 1.29. The van der Waals surface area contributed by atoms with Gasteiger partial charge < -0.3 is 10.6 Å². The van der Waals surface area contributed by atoms with Crippen LogP contribution in [0.2, 0.25) is 0 Å². The number of rotatable bonds is 2. The number of likely N-dealkylation sites (N-methyl/N-ethyl adjacent to an activating group) is 1. The lowest BCUT2D eigenvalue weighted by Gasteiger charge is -2.32. The van der Waals surface area contributed by atoms with E-state index in [4.69, 9.17) is 5.73 Å². The summed E-state index contributed by atoms with van der Waals surface area (Å²) in [5, 5.41) is 0. The molecule has 84 valence electrons. The molecule has 0 unspecified atom stereocenters. The second kappa shape index (κ2) is 9.96. The number of hydrogen-bond donors (Lipinski definition) is 1. The predicted molar refractivity (Wildman–Crippen MR) is 62.9 cm³/mol. The summed E-state index contributed by atoms with van der Waals surface area (Å²) in [5.74, 6) is 0. The molecule has 0 atom stereocenters. The maximum Gasteiger partial charge on any atom is 0.0456 e. The first-order valence-electron chi connectivity index (χ1n) is 4.01. The van der Waals surface area contributed by atoms with Crippen molar-refractivity contribution in [1.29, 1.82) is 0 Å². The molecule has 0 bridgehead atoms. The Labute approximate surface area is 84.9 Å². The zero-order valence-electron chi connectivity index (χ0n) is 6.71. The number of nitrogens with zero attached hydrogens (tertiary/aromatic N) is 2. The maximum absolute atomic E-state index is 5.50. The van der Waals surface area contributed by atoms with Gasteiger partial charge in [0.1, 0.15) is 0 Å². The van der Waals surface area contributed by atoms with Crippen molar-refractivity contribution in [2.45, 2.75) is 29.2 Å². The van der Waals surface area contributed by atoms with Gasteiger partial charge in [-0.2, -0.15) is 0 Å². The van der Waals surface area contributed by atoms with Crippen LogP contribution in [0.1, 0.15) is 29.2 Å². The van der Waals surface area contributed by atoms with Gasteiger partial charge >= 0.3 is 0 Å². The van der Waals surface area contributed by atoms with Crippen molar-refractivity contribution in [1.82, 2.24) is 9.80 Å². The number of nitrogens with two attached hydrogens (primary N) is 1. The highest BCUT2D eigenvalue weighted by Crippen LogP contribution is 1.97. The van der Waals surface area contributed by atoms with E-state index in [1.54, 1.807) is 0 Å². The van der Waals surface area contributed by atoms with E-state index in [1.165, 1.54) is 19.6 Å². The molecule has 1 rings (SSSR count). The molecule has 1 fully saturated rings. The molecule has 0 amide bonds. The van der Waals surface area contributed by atoms with Gasteiger partial charge in [0.15, 0.2) is 0 Å². The van der Waals surface area contributed by atoms with Crippen LogP contribution >= 0.6 is 0 Å². The summed E-state index contributed by atoms with van der Waals surface area (Å²) in [6, 6.07) is 0. The van der Waals surface area contributed by atoms with Gasteiger partial charge in [-0.3, -0.25) is 4.90 Å². The molecule has 3 nitrogen and oxygen atoms in total. The largest absolute Gasteiger partial charge is 0.318 e. The summed E-state index contributed by atoms with van der Waals surface area (Å²) in [7, 11) is 0. The van der Waals surface area contributed by atoms with Crippen molar-refractivity contribution in [3.8, 4) is 0 Å². The van der Waals surface area contributed by atoms with Crippen LogP contribution in [0.3, 0.4) is 0 Å². The van der Waals surface area contributed by atoms with Gasteiger partial charge in [-0.15, -0.1) is 0 Å². The van der Waals surface area contributed by atoms with E-state index in [0.717, 1.165) is 19.8 Å². The molecule has 0 radical (unpaired) electrons. The third kappa shape index (κ3) is 6.02. The lowest BCUT2D eigenvalue weighted by molar-refractivity contribution is 0.140. The first-order valence-corrected chi connectivity index (χ1v) is 4.01. The van der Waals surface area contributed by atoms with E-state index in [9.17, 15) is 0 Å². The average molecular weight is 191 g/mol. The molecular weight excluding hydrogens is 162 g/mol. The first kappa shape index (κ1) is 18.6. The molecule has 0 aromatic heterocycles. The van der Waals surface area contributed by atoms with Crippen LogP contribution in [0.15, 0.2) is 0 Å². The van der Waals surface area contributed by atoms with Crippen molar-refractivity contribution in [2.24, 2.45) is 5.73 Å². The van der Waals surface area contributed by atoms with Gasteiger partial charge in [-0.25, -0.2) is 0 Å². The van der Waals surface area contributed by atoms with E-state index in [-0.39, 0.29) is 22.3 Å². The molecule has 1 saturated heterocycles. The minimum Gasteiger partial charge on any atom is -0.318 e. The Morgan fingerprint density at radius 1 is 0.923 bits per heavy atom. The monoisotopic (exact) mass is 191 g/mol. The normalized spacial score (nSPS) is 18.0. The average Bonchev–Trinajstić information content (AvgIpc) is 2.05. The number of piperazine rings is 1. The summed E-state index contributed by atoms with van der Waals surface area (Å²) >= 11 is 0. The van der Waals surface area contributed by atoms with Crippen molar-refractivity contribution in [3.63, 3.8) is 0 Å². The molecule has 1 heterocycles. The summed E-state index contributed by atoms with van der Waals surface area (Å²) < 4.78 is 0. The van der Waals surface area contributed by atoms with Crippen molar-refractivity contribution in [3.05, 3.63) is 0 Å². The molecular formula is C10H29N3. The molecule has 0 aliphatic carbocycles. The molecule has 1 aliphatic heterocycles. The third-order valence-corrected chi connectivity index (χ3v) is 2.17. The molecule has 0 saturated carbocycles. The quantitative estimate of drug-likeness (QED) is 0.717. The van der Waals surface area contributed by atoms with Gasteiger partial charge in [-0.1, -0.05) is 29.2 Å². The van der Waals surface area contributed by atoms with Gasteiger partial charge in [-0.05, 0) is 6.54 Å². The van der Waals surface area contributed by atoms with E-state index in [1.807, 2.05) is 0 Å². The Bertz CT molecular complexity index is 76.2. The fraction of sp³-hybridized carbons (Fsp3) is 1.00.